The van der Waals surface area contributed by atoms with Crippen LogP contribution in [0.25, 0.3) is 0 Å². The van der Waals surface area contributed by atoms with Gasteiger partial charge in [0.25, 0.3) is 0 Å². The van der Waals surface area contributed by atoms with E-state index in [4.69, 9.17) is 4.74 Å². The molecule has 0 bridgehead atoms. The monoisotopic (exact) mass is 434 g/mol. The zero-order chi connectivity index (χ0) is 21.8. The summed E-state index contributed by atoms with van der Waals surface area (Å²) in [6.07, 6.45) is 3.48. The van der Waals surface area contributed by atoms with Crippen molar-refractivity contribution in [2.75, 3.05) is 19.0 Å². The second-order valence-electron chi connectivity index (χ2n) is 7.78. The lowest BCUT2D eigenvalue weighted by Crippen LogP contribution is -2.31. The van der Waals surface area contributed by atoms with Crippen molar-refractivity contribution in [1.82, 2.24) is 5.32 Å². The number of rotatable bonds is 7. The third-order valence-electron chi connectivity index (χ3n) is 5.68. The van der Waals surface area contributed by atoms with Gasteiger partial charge in [0.1, 0.15) is 0 Å². The summed E-state index contributed by atoms with van der Waals surface area (Å²) in [6, 6.07) is 15.9. The summed E-state index contributed by atoms with van der Waals surface area (Å²) < 4.78 is 4.77. The van der Waals surface area contributed by atoms with Crippen LogP contribution in [-0.2, 0) is 22.4 Å². The normalized spacial score (nSPS) is 13.5. The number of carbonyl (C=O) groups is 2. The number of ether oxygens (including phenoxy) is 1. The van der Waals surface area contributed by atoms with Crippen LogP contribution in [0.3, 0.4) is 0 Å². The molecule has 0 saturated carbocycles. The Kier molecular flexibility index (Phi) is 6.49. The first-order chi connectivity index (χ1) is 15.0. The van der Waals surface area contributed by atoms with E-state index < -0.39 is 5.97 Å². The minimum atomic E-state index is -0.428. The van der Waals surface area contributed by atoms with Gasteiger partial charge in [-0.3, -0.25) is 10.1 Å². The van der Waals surface area contributed by atoms with Crippen LogP contribution < -0.4 is 10.6 Å². The molecular weight excluding hydrogens is 408 g/mol. The smallest absolute Gasteiger partial charge is 0.337 e. The molecule has 6 heteroatoms. The summed E-state index contributed by atoms with van der Waals surface area (Å²) in [5, 5.41) is 8.40. The second-order valence-corrected chi connectivity index (χ2v) is 8.76. The van der Waals surface area contributed by atoms with Gasteiger partial charge in [-0.05, 0) is 72.0 Å². The van der Waals surface area contributed by atoms with Crippen LogP contribution in [0.4, 0.5) is 5.69 Å². The van der Waals surface area contributed by atoms with Crippen LogP contribution in [0.1, 0.15) is 50.0 Å². The molecule has 0 saturated heterocycles. The minimum Gasteiger partial charge on any atom is -0.465 e. The Labute approximate surface area is 186 Å². The number of methoxy groups -OCH3 is 1. The van der Waals surface area contributed by atoms with Crippen molar-refractivity contribution in [2.45, 2.75) is 32.2 Å². The van der Waals surface area contributed by atoms with Gasteiger partial charge in [-0.1, -0.05) is 30.3 Å². The summed E-state index contributed by atoms with van der Waals surface area (Å²) in [7, 11) is 1.34. The molecule has 2 aromatic carbocycles. The Balaban J connectivity index is 1.48. The quantitative estimate of drug-likeness (QED) is 0.531. The van der Waals surface area contributed by atoms with Gasteiger partial charge in [0, 0.05) is 10.6 Å². The van der Waals surface area contributed by atoms with Crippen LogP contribution >= 0.6 is 11.3 Å². The Morgan fingerprint density at radius 1 is 1.10 bits per heavy atom. The fourth-order valence-electron chi connectivity index (χ4n) is 4.00. The molecule has 1 heterocycles. The molecule has 0 unspecified atom stereocenters. The van der Waals surface area contributed by atoms with Gasteiger partial charge in [-0.2, -0.15) is 0 Å². The number of thiophene rings is 1. The molecule has 1 aliphatic rings. The molecule has 0 aliphatic heterocycles. The van der Waals surface area contributed by atoms with Crippen molar-refractivity contribution in [3.8, 4) is 0 Å². The van der Waals surface area contributed by atoms with Gasteiger partial charge in [0.15, 0.2) is 0 Å². The number of anilines is 1. The number of esters is 1. The van der Waals surface area contributed by atoms with Crippen molar-refractivity contribution < 1.29 is 14.3 Å². The lowest BCUT2D eigenvalue weighted by molar-refractivity contribution is -0.115. The van der Waals surface area contributed by atoms with Crippen LogP contribution in [0.2, 0.25) is 0 Å². The molecule has 1 atom stereocenters. The first kappa shape index (κ1) is 21.3. The van der Waals surface area contributed by atoms with Gasteiger partial charge in [0.05, 0.1) is 25.3 Å². The Morgan fingerprint density at radius 2 is 1.94 bits per heavy atom. The molecule has 0 fully saturated rings. The van der Waals surface area contributed by atoms with Crippen LogP contribution in [0.5, 0.6) is 0 Å². The van der Waals surface area contributed by atoms with E-state index in [1.807, 2.05) is 13.0 Å². The number of aryl methyl sites for hydroxylation is 3. The lowest BCUT2D eigenvalue weighted by Gasteiger charge is -2.19. The molecular formula is C25H26N2O3S. The number of fused-ring (bicyclic) bond motifs is 1. The van der Waals surface area contributed by atoms with E-state index in [0.29, 0.717) is 11.3 Å². The number of benzene rings is 2. The number of carbonyl (C=O) groups excluding carboxylic acids is 2. The maximum Gasteiger partial charge on any atom is 0.337 e. The highest BCUT2D eigenvalue weighted by atomic mass is 32.1. The molecule has 5 nitrogen and oxygen atoms in total. The van der Waals surface area contributed by atoms with Crippen molar-refractivity contribution in [1.29, 1.82) is 0 Å². The van der Waals surface area contributed by atoms with Crippen molar-refractivity contribution in [3.05, 3.63) is 86.6 Å². The topological polar surface area (TPSA) is 67.4 Å². The Hall–Kier alpha value is -2.96. The SMILES string of the molecule is COC(=O)c1ccc(C)c(NC(=O)CN[C@H](c2ccc3c(c2)CCC3)c2cccs2)c1. The molecule has 3 aromatic rings. The zero-order valence-corrected chi connectivity index (χ0v) is 18.6. The maximum atomic E-state index is 12.7. The molecule has 0 spiro atoms. The van der Waals surface area contributed by atoms with Crippen molar-refractivity contribution in [2.24, 2.45) is 0 Å². The minimum absolute atomic E-state index is 0.0425. The highest BCUT2D eigenvalue weighted by molar-refractivity contribution is 7.10. The molecule has 2 N–H and O–H groups in total. The maximum absolute atomic E-state index is 12.7. The number of amides is 1. The van der Waals surface area contributed by atoms with Gasteiger partial charge < -0.3 is 10.1 Å². The van der Waals surface area contributed by atoms with Gasteiger partial charge in [-0.25, -0.2) is 4.79 Å². The summed E-state index contributed by atoms with van der Waals surface area (Å²) >= 11 is 1.68. The fourth-order valence-corrected chi connectivity index (χ4v) is 4.83. The average molecular weight is 435 g/mol. The lowest BCUT2D eigenvalue weighted by atomic mass is 10.00. The van der Waals surface area contributed by atoms with E-state index in [0.717, 1.165) is 18.4 Å². The molecule has 1 aromatic heterocycles. The molecule has 31 heavy (non-hydrogen) atoms. The second kappa shape index (κ2) is 9.45. The summed E-state index contributed by atoms with van der Waals surface area (Å²) in [5.74, 6) is -0.587. The predicted molar refractivity (Wildman–Crippen MR) is 124 cm³/mol. The third-order valence-corrected chi connectivity index (χ3v) is 6.62. The zero-order valence-electron chi connectivity index (χ0n) is 17.7. The van der Waals surface area contributed by atoms with E-state index in [1.54, 1.807) is 29.5 Å². The number of hydrogen-bond acceptors (Lipinski definition) is 5. The average Bonchev–Trinajstić information content (AvgIpc) is 3.47. The summed E-state index contributed by atoms with van der Waals surface area (Å²) in [4.78, 5) is 25.7. The van der Waals surface area contributed by atoms with Crippen LogP contribution in [0, 0.1) is 6.92 Å². The van der Waals surface area contributed by atoms with Gasteiger partial charge in [-0.15, -0.1) is 11.3 Å². The van der Waals surface area contributed by atoms with Gasteiger partial charge in [0.2, 0.25) is 5.91 Å². The first-order valence-corrected chi connectivity index (χ1v) is 11.3. The predicted octanol–water partition coefficient (Wildman–Crippen LogP) is 4.65. The first-order valence-electron chi connectivity index (χ1n) is 10.4. The van der Waals surface area contributed by atoms with Crippen LogP contribution in [-0.4, -0.2) is 25.5 Å². The van der Waals surface area contributed by atoms with Crippen molar-refractivity contribution >= 4 is 28.9 Å². The largest absolute Gasteiger partial charge is 0.465 e. The Bertz CT molecular complexity index is 1090. The molecule has 160 valence electrons. The number of hydrogen-bond donors (Lipinski definition) is 2. The number of nitrogens with one attached hydrogen (secondary N) is 2. The molecule has 1 amide bonds. The van der Waals surface area contributed by atoms with Crippen LogP contribution in [0.15, 0.2) is 53.9 Å². The van der Waals surface area contributed by atoms with E-state index in [2.05, 4.69) is 40.3 Å². The highest BCUT2D eigenvalue weighted by Gasteiger charge is 2.19. The van der Waals surface area contributed by atoms with Gasteiger partial charge >= 0.3 is 5.97 Å². The standard InChI is InChI=1S/C25H26N2O3S/c1-16-8-9-20(25(29)30-2)14-21(16)27-23(28)15-26-24(22-7-4-12-31-22)19-11-10-17-5-3-6-18(17)13-19/h4,7-14,24,26H,3,5-6,15H2,1-2H3,(H,27,28)/t24-/m1/s1. The summed E-state index contributed by atoms with van der Waals surface area (Å²) in [6.45, 7) is 2.05. The molecule has 1 aliphatic carbocycles. The molecule has 4 rings (SSSR count). The van der Waals surface area contributed by atoms with E-state index in [1.165, 1.54) is 35.1 Å². The third kappa shape index (κ3) is 4.86. The fraction of sp³-hybridized carbons (Fsp3) is 0.280. The Morgan fingerprint density at radius 3 is 2.71 bits per heavy atom. The van der Waals surface area contributed by atoms with E-state index >= 15 is 0 Å². The van der Waals surface area contributed by atoms with E-state index in [9.17, 15) is 9.59 Å². The molecule has 0 radical (unpaired) electrons. The van der Waals surface area contributed by atoms with Crippen molar-refractivity contribution in [3.63, 3.8) is 0 Å². The summed E-state index contributed by atoms with van der Waals surface area (Å²) in [5.41, 5.74) is 5.94. The highest BCUT2D eigenvalue weighted by Crippen LogP contribution is 2.30. The van der Waals surface area contributed by atoms with E-state index in [-0.39, 0.29) is 18.5 Å².